The number of hydrogen-bond donors (Lipinski definition) is 0. The van der Waals surface area contributed by atoms with Crippen LogP contribution in [0.2, 0.25) is 0 Å². The number of likely N-dealkylation sites (N-methyl/N-ethyl adjacent to an activating group) is 1. The Bertz CT molecular complexity index is 352. The number of carbonyl (C=O) groups is 1. The van der Waals surface area contributed by atoms with Crippen LogP contribution in [0.25, 0.3) is 0 Å². The van der Waals surface area contributed by atoms with Crippen LogP contribution in [0.5, 0.6) is 0 Å². The number of ether oxygens (including phenoxy) is 1. The fourth-order valence-electron chi connectivity index (χ4n) is 1.08. The highest BCUT2D eigenvalue weighted by molar-refractivity contribution is 7.09. The van der Waals surface area contributed by atoms with Crippen molar-refractivity contribution in [3.05, 3.63) is 5.82 Å². The fraction of sp³-hybridized carbons (Fsp3) is 0.700. The Labute approximate surface area is 99.6 Å². The van der Waals surface area contributed by atoms with Gasteiger partial charge in [-0.25, -0.2) is 4.98 Å². The zero-order valence-corrected chi connectivity index (χ0v) is 10.9. The molecule has 0 atom stereocenters. The largest absolute Gasteiger partial charge is 0.465 e. The van der Waals surface area contributed by atoms with Crippen molar-refractivity contribution in [1.82, 2.24) is 9.36 Å². The van der Waals surface area contributed by atoms with Gasteiger partial charge >= 0.3 is 5.97 Å². The topological polar surface area (TPSA) is 55.3 Å². The first-order valence-electron chi connectivity index (χ1n) is 5.25. The summed E-state index contributed by atoms with van der Waals surface area (Å²) in [5.41, 5.74) is 0. The highest BCUT2D eigenvalue weighted by Gasteiger charge is 2.14. The van der Waals surface area contributed by atoms with Gasteiger partial charge in [0, 0.05) is 24.5 Å². The Balaban J connectivity index is 2.58. The van der Waals surface area contributed by atoms with Gasteiger partial charge in [-0.3, -0.25) is 4.79 Å². The van der Waals surface area contributed by atoms with Crippen molar-refractivity contribution in [2.24, 2.45) is 0 Å². The van der Waals surface area contributed by atoms with E-state index in [9.17, 15) is 4.79 Å². The molecule has 16 heavy (non-hydrogen) atoms. The van der Waals surface area contributed by atoms with Gasteiger partial charge in [-0.05, 0) is 6.92 Å². The van der Waals surface area contributed by atoms with Crippen LogP contribution in [0.4, 0.5) is 5.13 Å². The molecule has 1 aromatic rings. The van der Waals surface area contributed by atoms with Crippen LogP contribution in [0, 0.1) is 0 Å². The molecule has 0 amide bonds. The molecule has 0 bridgehead atoms. The highest BCUT2D eigenvalue weighted by Crippen LogP contribution is 2.19. The van der Waals surface area contributed by atoms with E-state index in [1.54, 1.807) is 11.8 Å². The van der Waals surface area contributed by atoms with Crippen molar-refractivity contribution in [2.45, 2.75) is 26.7 Å². The molecule has 1 aromatic heterocycles. The second-order valence-electron chi connectivity index (χ2n) is 3.75. The zero-order chi connectivity index (χ0) is 12.1. The Morgan fingerprint density at radius 2 is 2.25 bits per heavy atom. The first-order chi connectivity index (χ1) is 7.54. The predicted molar refractivity (Wildman–Crippen MR) is 63.9 cm³/mol. The molecular weight excluding hydrogens is 226 g/mol. The third kappa shape index (κ3) is 3.44. The lowest BCUT2D eigenvalue weighted by molar-refractivity contribution is -0.141. The van der Waals surface area contributed by atoms with Crippen LogP contribution >= 0.6 is 11.5 Å². The third-order valence-corrected chi connectivity index (χ3v) is 2.79. The molecule has 0 radical (unpaired) electrons. The van der Waals surface area contributed by atoms with E-state index in [1.807, 2.05) is 20.9 Å². The SMILES string of the molecule is CCOC(=O)CN(C)c1nc(C(C)C)ns1. The van der Waals surface area contributed by atoms with Gasteiger partial charge in [-0.1, -0.05) is 13.8 Å². The Kier molecular flexibility index (Phi) is 4.67. The lowest BCUT2D eigenvalue weighted by Crippen LogP contribution is -2.27. The van der Waals surface area contributed by atoms with Crippen LogP contribution in [0.15, 0.2) is 0 Å². The van der Waals surface area contributed by atoms with E-state index in [1.165, 1.54) is 11.5 Å². The van der Waals surface area contributed by atoms with E-state index in [4.69, 9.17) is 4.74 Å². The van der Waals surface area contributed by atoms with E-state index in [0.29, 0.717) is 12.5 Å². The number of aromatic nitrogens is 2. The maximum atomic E-state index is 11.3. The molecule has 90 valence electrons. The van der Waals surface area contributed by atoms with Gasteiger partial charge in [0.05, 0.1) is 6.61 Å². The lowest BCUT2D eigenvalue weighted by atomic mass is 10.2. The first kappa shape index (κ1) is 12.9. The van der Waals surface area contributed by atoms with Crippen molar-refractivity contribution < 1.29 is 9.53 Å². The minimum atomic E-state index is -0.244. The van der Waals surface area contributed by atoms with Gasteiger partial charge in [0.15, 0.2) is 0 Å². The van der Waals surface area contributed by atoms with Gasteiger partial charge in [0.25, 0.3) is 0 Å². The highest BCUT2D eigenvalue weighted by atomic mass is 32.1. The summed E-state index contributed by atoms with van der Waals surface area (Å²) in [6, 6.07) is 0. The monoisotopic (exact) mass is 243 g/mol. The van der Waals surface area contributed by atoms with E-state index in [2.05, 4.69) is 9.36 Å². The molecule has 6 heteroatoms. The lowest BCUT2D eigenvalue weighted by Gasteiger charge is -2.13. The van der Waals surface area contributed by atoms with Crippen LogP contribution < -0.4 is 4.90 Å². The molecule has 0 saturated heterocycles. The van der Waals surface area contributed by atoms with Crippen molar-refractivity contribution in [2.75, 3.05) is 25.1 Å². The summed E-state index contributed by atoms with van der Waals surface area (Å²) >= 11 is 1.30. The maximum absolute atomic E-state index is 11.3. The van der Waals surface area contributed by atoms with Gasteiger partial charge < -0.3 is 9.64 Å². The van der Waals surface area contributed by atoms with Gasteiger partial charge in [0.1, 0.15) is 12.4 Å². The quantitative estimate of drug-likeness (QED) is 0.736. The molecule has 0 aliphatic carbocycles. The van der Waals surface area contributed by atoms with E-state index < -0.39 is 0 Å². The van der Waals surface area contributed by atoms with Crippen molar-refractivity contribution in [1.29, 1.82) is 0 Å². The van der Waals surface area contributed by atoms with Crippen molar-refractivity contribution in [3.63, 3.8) is 0 Å². The molecule has 0 saturated carbocycles. The summed E-state index contributed by atoms with van der Waals surface area (Å²) in [5, 5.41) is 0.747. The Morgan fingerprint density at radius 1 is 1.56 bits per heavy atom. The summed E-state index contributed by atoms with van der Waals surface area (Å²) in [7, 11) is 1.81. The van der Waals surface area contributed by atoms with Gasteiger partial charge in [0.2, 0.25) is 5.13 Å². The number of carbonyl (C=O) groups excluding carboxylic acids is 1. The van der Waals surface area contributed by atoms with Crippen LogP contribution in [0.1, 0.15) is 32.5 Å². The number of nitrogens with zero attached hydrogens (tertiary/aromatic N) is 3. The summed E-state index contributed by atoms with van der Waals surface area (Å²) in [6.07, 6.45) is 0. The number of hydrogen-bond acceptors (Lipinski definition) is 6. The van der Waals surface area contributed by atoms with Crippen LogP contribution in [0.3, 0.4) is 0 Å². The molecule has 1 heterocycles. The van der Waals surface area contributed by atoms with Gasteiger partial charge in [-0.2, -0.15) is 4.37 Å². The Hall–Kier alpha value is -1.17. The average Bonchev–Trinajstić information content (AvgIpc) is 2.66. The fourth-order valence-corrected chi connectivity index (χ4v) is 1.85. The second kappa shape index (κ2) is 5.79. The molecule has 0 unspecified atom stereocenters. The van der Waals surface area contributed by atoms with E-state index in [0.717, 1.165) is 11.0 Å². The third-order valence-electron chi connectivity index (χ3n) is 1.95. The number of rotatable bonds is 5. The predicted octanol–water partition coefficient (Wildman–Crippen LogP) is 1.66. The molecular formula is C10H17N3O2S. The van der Waals surface area contributed by atoms with Crippen LogP contribution in [-0.4, -0.2) is 35.5 Å². The molecule has 0 aliphatic rings. The molecule has 0 N–H and O–H groups in total. The summed E-state index contributed by atoms with van der Waals surface area (Å²) in [4.78, 5) is 17.4. The standard InChI is InChI=1S/C10H17N3O2S/c1-5-15-8(14)6-13(4)10-11-9(7(2)3)12-16-10/h7H,5-6H2,1-4H3. The summed E-state index contributed by atoms with van der Waals surface area (Å²) in [5.74, 6) is 0.878. The number of anilines is 1. The second-order valence-corrected chi connectivity index (χ2v) is 4.48. The van der Waals surface area contributed by atoms with Crippen molar-refractivity contribution in [3.8, 4) is 0 Å². The van der Waals surface area contributed by atoms with Gasteiger partial charge in [-0.15, -0.1) is 0 Å². The zero-order valence-electron chi connectivity index (χ0n) is 10.1. The summed E-state index contributed by atoms with van der Waals surface area (Å²) in [6.45, 7) is 6.48. The number of esters is 1. The minimum absolute atomic E-state index is 0.209. The molecule has 0 fully saturated rings. The minimum Gasteiger partial charge on any atom is -0.465 e. The molecule has 0 spiro atoms. The van der Waals surface area contributed by atoms with Crippen LogP contribution in [-0.2, 0) is 9.53 Å². The smallest absolute Gasteiger partial charge is 0.325 e. The van der Waals surface area contributed by atoms with E-state index >= 15 is 0 Å². The molecule has 0 aliphatic heterocycles. The molecule has 0 aromatic carbocycles. The van der Waals surface area contributed by atoms with E-state index in [-0.39, 0.29) is 12.5 Å². The Morgan fingerprint density at radius 3 is 2.75 bits per heavy atom. The molecule has 1 rings (SSSR count). The normalized spacial score (nSPS) is 10.6. The van der Waals surface area contributed by atoms with Crippen molar-refractivity contribution >= 4 is 22.6 Å². The summed E-state index contributed by atoms with van der Waals surface area (Å²) < 4.78 is 9.09. The molecule has 5 nitrogen and oxygen atoms in total. The average molecular weight is 243 g/mol. The maximum Gasteiger partial charge on any atom is 0.325 e. The first-order valence-corrected chi connectivity index (χ1v) is 6.02.